The molecule has 1 heterocycles. The number of nitrogens with one attached hydrogen (secondary N) is 2. The molecule has 0 aliphatic carbocycles. The fourth-order valence-electron chi connectivity index (χ4n) is 2.72. The van der Waals surface area contributed by atoms with Crippen molar-refractivity contribution >= 4 is 17.6 Å². The highest BCUT2D eigenvalue weighted by molar-refractivity contribution is 6.04. The van der Waals surface area contributed by atoms with Crippen LogP contribution in [0.4, 0.5) is 14.6 Å². The van der Waals surface area contributed by atoms with Crippen LogP contribution < -0.4 is 25.3 Å². The van der Waals surface area contributed by atoms with Gasteiger partial charge in [-0.3, -0.25) is 14.7 Å². The number of ether oxygens (including phenoxy) is 3. The monoisotopic (exact) mass is 432 g/mol. The number of anilines is 1. The number of benzene rings is 2. The summed E-state index contributed by atoms with van der Waals surface area (Å²) in [6, 6.07) is 7.82. The summed E-state index contributed by atoms with van der Waals surface area (Å²) in [6.45, 7) is -0.412. The molecule has 0 aliphatic rings. The molecule has 0 saturated heterocycles. The quantitative estimate of drug-likeness (QED) is 0.502. The van der Waals surface area contributed by atoms with Crippen molar-refractivity contribution in [2.75, 3.05) is 26.1 Å². The first-order valence-corrected chi connectivity index (χ1v) is 8.82. The van der Waals surface area contributed by atoms with Gasteiger partial charge < -0.3 is 25.3 Å². The summed E-state index contributed by atoms with van der Waals surface area (Å²) in [4.78, 5) is 23.7. The van der Waals surface area contributed by atoms with Crippen LogP contribution in [-0.4, -0.2) is 42.8 Å². The van der Waals surface area contributed by atoms with E-state index >= 15 is 0 Å². The van der Waals surface area contributed by atoms with Gasteiger partial charge in [-0.15, -0.1) is 0 Å². The van der Waals surface area contributed by atoms with Gasteiger partial charge in [0, 0.05) is 17.2 Å². The predicted molar refractivity (Wildman–Crippen MR) is 106 cm³/mol. The standard InChI is InChI=1S/C20H18F2N4O5/c1-29-14-6-10(7-15(30-2)19(14)31-9-16(23)27)20(28)24-17-8-13(25-26-17)11-4-3-5-12(21)18(11)22/h3-8H,9H2,1-2H3,(H2,23,27)(H2,24,25,26,28). The number of nitrogens with two attached hydrogens (primary N) is 1. The molecule has 31 heavy (non-hydrogen) atoms. The van der Waals surface area contributed by atoms with Crippen LogP contribution in [0.15, 0.2) is 36.4 Å². The first-order valence-electron chi connectivity index (χ1n) is 8.82. The van der Waals surface area contributed by atoms with E-state index in [9.17, 15) is 18.4 Å². The van der Waals surface area contributed by atoms with E-state index < -0.39 is 30.1 Å². The molecule has 9 nitrogen and oxygen atoms in total. The largest absolute Gasteiger partial charge is 0.493 e. The Hall–Kier alpha value is -4.15. The maximum Gasteiger partial charge on any atom is 0.257 e. The van der Waals surface area contributed by atoms with Gasteiger partial charge in [-0.2, -0.15) is 5.10 Å². The molecule has 3 aromatic rings. The maximum atomic E-state index is 14.0. The molecule has 1 aromatic heterocycles. The minimum atomic E-state index is -1.04. The van der Waals surface area contributed by atoms with Crippen LogP contribution in [0.25, 0.3) is 11.3 Å². The molecule has 4 N–H and O–H groups in total. The van der Waals surface area contributed by atoms with E-state index in [1.807, 2.05) is 0 Å². The summed E-state index contributed by atoms with van der Waals surface area (Å²) in [5.41, 5.74) is 5.36. The third-order valence-corrected chi connectivity index (χ3v) is 4.14. The Kier molecular flexibility index (Phi) is 6.34. The van der Waals surface area contributed by atoms with E-state index in [0.717, 1.165) is 6.07 Å². The summed E-state index contributed by atoms with van der Waals surface area (Å²) < 4.78 is 43.1. The Balaban J connectivity index is 1.84. The fourth-order valence-corrected chi connectivity index (χ4v) is 2.72. The number of hydrogen-bond acceptors (Lipinski definition) is 6. The number of aromatic amines is 1. The third-order valence-electron chi connectivity index (χ3n) is 4.14. The van der Waals surface area contributed by atoms with Gasteiger partial charge in [-0.25, -0.2) is 8.78 Å². The smallest absolute Gasteiger partial charge is 0.257 e. The van der Waals surface area contributed by atoms with Gasteiger partial charge >= 0.3 is 0 Å². The molecule has 2 amide bonds. The molecule has 0 spiro atoms. The van der Waals surface area contributed by atoms with E-state index in [4.69, 9.17) is 19.9 Å². The summed E-state index contributed by atoms with van der Waals surface area (Å²) >= 11 is 0. The van der Waals surface area contributed by atoms with Gasteiger partial charge in [-0.1, -0.05) is 6.07 Å². The Morgan fingerprint density at radius 1 is 1.13 bits per heavy atom. The lowest BCUT2D eigenvalue weighted by Gasteiger charge is -2.15. The third kappa shape index (κ3) is 4.71. The van der Waals surface area contributed by atoms with E-state index in [0.29, 0.717) is 0 Å². The zero-order valence-corrected chi connectivity index (χ0v) is 16.5. The molecule has 0 bridgehead atoms. The number of amides is 2. The zero-order chi connectivity index (χ0) is 22.5. The Morgan fingerprint density at radius 3 is 2.42 bits per heavy atom. The van der Waals surface area contributed by atoms with Crippen LogP contribution in [0, 0.1) is 11.6 Å². The Labute approximate surface area is 175 Å². The van der Waals surface area contributed by atoms with Crippen molar-refractivity contribution in [1.29, 1.82) is 0 Å². The fraction of sp³-hybridized carbons (Fsp3) is 0.150. The van der Waals surface area contributed by atoms with Gasteiger partial charge in [0.05, 0.1) is 19.9 Å². The number of rotatable bonds is 8. The van der Waals surface area contributed by atoms with Crippen LogP contribution in [0.5, 0.6) is 17.2 Å². The lowest BCUT2D eigenvalue weighted by molar-refractivity contribution is -0.120. The minimum absolute atomic E-state index is 0.0349. The van der Waals surface area contributed by atoms with E-state index in [2.05, 4.69) is 15.5 Å². The molecular weight excluding hydrogens is 414 g/mol. The number of primary amides is 1. The normalized spacial score (nSPS) is 10.5. The molecular formula is C20H18F2N4O5. The molecule has 0 atom stereocenters. The van der Waals surface area contributed by atoms with Gasteiger partial charge in [0.15, 0.2) is 35.6 Å². The molecule has 0 fully saturated rings. The van der Waals surface area contributed by atoms with Crippen LogP contribution in [0.3, 0.4) is 0 Å². The van der Waals surface area contributed by atoms with Gasteiger partial charge in [0.2, 0.25) is 5.75 Å². The van der Waals surface area contributed by atoms with Crippen LogP contribution in [-0.2, 0) is 4.79 Å². The van der Waals surface area contributed by atoms with Crippen molar-refractivity contribution in [2.45, 2.75) is 0 Å². The van der Waals surface area contributed by atoms with Crippen molar-refractivity contribution in [3.05, 3.63) is 53.6 Å². The van der Waals surface area contributed by atoms with E-state index in [1.165, 1.54) is 44.6 Å². The first kappa shape index (κ1) is 21.6. The lowest BCUT2D eigenvalue weighted by atomic mass is 10.1. The van der Waals surface area contributed by atoms with Gasteiger partial charge in [0.25, 0.3) is 11.8 Å². The van der Waals surface area contributed by atoms with Crippen molar-refractivity contribution in [3.63, 3.8) is 0 Å². The summed E-state index contributed by atoms with van der Waals surface area (Å²) in [5, 5.41) is 8.97. The van der Waals surface area contributed by atoms with Crippen LogP contribution in [0.1, 0.15) is 10.4 Å². The topological polar surface area (TPSA) is 129 Å². The van der Waals surface area contributed by atoms with E-state index in [-0.39, 0.29) is 39.9 Å². The predicted octanol–water partition coefficient (Wildman–Crippen LogP) is 2.49. The SMILES string of the molecule is COc1cc(C(=O)Nc2cc(-c3cccc(F)c3F)[nH]n2)cc(OC)c1OCC(N)=O. The van der Waals surface area contributed by atoms with Crippen LogP contribution in [0.2, 0.25) is 0 Å². The zero-order valence-electron chi connectivity index (χ0n) is 16.5. The Bertz CT molecular complexity index is 1110. The molecule has 0 unspecified atom stereocenters. The van der Waals surface area contributed by atoms with Crippen molar-refractivity contribution < 1.29 is 32.6 Å². The second-order valence-electron chi connectivity index (χ2n) is 6.19. The van der Waals surface area contributed by atoms with Crippen molar-refractivity contribution in [1.82, 2.24) is 10.2 Å². The molecule has 162 valence electrons. The van der Waals surface area contributed by atoms with E-state index in [1.54, 1.807) is 0 Å². The number of aromatic nitrogens is 2. The second kappa shape index (κ2) is 9.11. The maximum absolute atomic E-state index is 14.0. The summed E-state index contributed by atoms with van der Waals surface area (Å²) in [5.74, 6) is -2.88. The number of hydrogen-bond donors (Lipinski definition) is 3. The second-order valence-corrected chi connectivity index (χ2v) is 6.19. The highest BCUT2D eigenvalue weighted by Crippen LogP contribution is 2.38. The number of nitrogens with zero attached hydrogens (tertiary/aromatic N) is 1. The molecule has 0 aliphatic heterocycles. The molecule has 11 heteroatoms. The van der Waals surface area contributed by atoms with Gasteiger partial charge in [-0.05, 0) is 24.3 Å². The molecule has 0 saturated carbocycles. The first-order chi connectivity index (χ1) is 14.8. The van der Waals surface area contributed by atoms with Crippen molar-refractivity contribution in [2.24, 2.45) is 5.73 Å². The highest BCUT2D eigenvalue weighted by Gasteiger charge is 2.19. The van der Waals surface area contributed by atoms with Gasteiger partial charge in [0.1, 0.15) is 0 Å². The summed E-state index contributed by atoms with van der Waals surface area (Å²) in [6.07, 6.45) is 0. The van der Waals surface area contributed by atoms with Crippen molar-refractivity contribution in [3.8, 4) is 28.5 Å². The van der Waals surface area contributed by atoms with Crippen LogP contribution >= 0.6 is 0 Å². The average Bonchev–Trinajstić information content (AvgIpc) is 3.21. The lowest BCUT2D eigenvalue weighted by Crippen LogP contribution is -2.20. The number of H-pyrrole nitrogens is 1. The number of carbonyl (C=O) groups excluding carboxylic acids is 2. The number of carbonyl (C=O) groups is 2. The Morgan fingerprint density at radius 2 is 1.81 bits per heavy atom. The summed E-state index contributed by atoms with van der Waals surface area (Å²) in [7, 11) is 2.70. The molecule has 0 radical (unpaired) electrons. The minimum Gasteiger partial charge on any atom is -0.493 e. The number of methoxy groups -OCH3 is 2. The highest BCUT2D eigenvalue weighted by atomic mass is 19.2. The molecule has 3 rings (SSSR count). The number of halogens is 2. The average molecular weight is 432 g/mol. The molecule has 2 aromatic carbocycles.